The van der Waals surface area contributed by atoms with Gasteiger partial charge in [-0.05, 0) is 124 Å². The van der Waals surface area contributed by atoms with Crippen molar-refractivity contribution >= 4 is 11.9 Å². The first-order valence-corrected chi connectivity index (χ1v) is 15.0. The summed E-state index contributed by atoms with van der Waals surface area (Å²) in [7, 11) is 0. The van der Waals surface area contributed by atoms with Gasteiger partial charge in [0.15, 0.2) is 5.60 Å². The molecule has 0 saturated heterocycles. The van der Waals surface area contributed by atoms with Crippen LogP contribution < -0.4 is 0 Å². The van der Waals surface area contributed by atoms with Crippen LogP contribution >= 0.6 is 0 Å². The number of carbonyl (C=O) groups excluding carboxylic acids is 2. The van der Waals surface area contributed by atoms with Crippen molar-refractivity contribution in [3.63, 3.8) is 0 Å². The van der Waals surface area contributed by atoms with E-state index < -0.39 is 17.7 Å². The fraction of sp³-hybridized carbons (Fsp3) is 0.933. The second kappa shape index (κ2) is 11.1. The monoisotopic (exact) mass is 557 g/mol. The topological polar surface area (TPSA) is 93.0 Å². The van der Waals surface area contributed by atoms with E-state index in [-0.39, 0.29) is 60.4 Å². The predicted molar refractivity (Wildman–Crippen MR) is 140 cm³/mol. The molecule has 0 aromatic heterocycles. The highest BCUT2D eigenvalue weighted by molar-refractivity contribution is 5.76. The van der Waals surface area contributed by atoms with Crippen LogP contribution in [0.3, 0.4) is 0 Å². The zero-order valence-electron chi connectivity index (χ0n) is 23.9. The lowest BCUT2D eigenvalue weighted by Gasteiger charge is -2.62. The quantitative estimate of drug-likeness (QED) is 0.191. The zero-order valence-corrected chi connectivity index (χ0v) is 23.9. The molecule has 10 atom stereocenters. The van der Waals surface area contributed by atoms with Crippen LogP contribution in [-0.2, 0) is 14.3 Å². The number of rotatable bonds is 8. The van der Waals surface area contributed by atoms with Gasteiger partial charge < -0.3 is 9.84 Å². The van der Waals surface area contributed by atoms with Gasteiger partial charge in [0.25, 0.3) is 5.91 Å². The number of fused-ring (bicyclic) bond motifs is 5. The molecule has 4 aliphatic carbocycles. The van der Waals surface area contributed by atoms with Gasteiger partial charge in [0.2, 0.25) is 0 Å². The Morgan fingerprint density at radius 3 is 2.28 bits per heavy atom. The molecule has 4 fully saturated rings. The lowest BCUT2D eigenvalue weighted by Crippen LogP contribution is -2.59. The van der Waals surface area contributed by atoms with Crippen molar-refractivity contribution in [1.82, 2.24) is 0 Å². The number of unbranched alkanes of at least 4 members (excludes halogenated alkanes) is 1. The van der Waals surface area contributed by atoms with Gasteiger partial charge in [-0.2, -0.15) is 13.2 Å². The second-order valence-electron chi connectivity index (χ2n) is 13.9. The van der Waals surface area contributed by atoms with E-state index in [1.807, 2.05) is 6.92 Å². The first-order valence-electron chi connectivity index (χ1n) is 15.0. The average Bonchev–Trinajstić information content (AvgIpc) is 3.22. The van der Waals surface area contributed by atoms with Crippen LogP contribution in [-0.4, -0.2) is 34.9 Å². The van der Waals surface area contributed by atoms with Crippen molar-refractivity contribution in [3.8, 4) is 0 Å². The van der Waals surface area contributed by atoms with Crippen molar-refractivity contribution in [1.29, 1.82) is 0 Å². The number of carbonyl (C=O) groups is 2. The molecule has 4 rings (SSSR count). The lowest BCUT2D eigenvalue weighted by molar-refractivity contribution is -0.290. The third-order valence-electron chi connectivity index (χ3n) is 12.1. The molecule has 0 radical (unpaired) electrons. The van der Waals surface area contributed by atoms with E-state index in [9.17, 15) is 32.8 Å². The molecule has 1 amide bonds. The molecule has 6 nitrogen and oxygen atoms in total. The Balaban J connectivity index is 1.37. The first-order chi connectivity index (χ1) is 18.2. The number of nitrogens with zero attached hydrogens (tertiary/aromatic N) is 1. The lowest BCUT2D eigenvalue weighted by atomic mass is 9.43. The van der Waals surface area contributed by atoms with Crippen LogP contribution in [0.2, 0.25) is 0 Å². The molecule has 39 heavy (non-hydrogen) atoms. The van der Waals surface area contributed by atoms with Crippen LogP contribution in [0.25, 0.3) is 0 Å². The summed E-state index contributed by atoms with van der Waals surface area (Å²) in [6, 6.07) is 0. The maximum Gasteiger partial charge on any atom is 0.417 e. The minimum atomic E-state index is -4.57. The number of halogens is 3. The molecule has 4 saturated carbocycles. The highest BCUT2D eigenvalue weighted by atomic mass is 19.4. The zero-order chi connectivity index (χ0) is 28.8. The molecule has 0 aromatic rings. The van der Waals surface area contributed by atoms with E-state index in [0.717, 1.165) is 38.5 Å². The van der Waals surface area contributed by atoms with Gasteiger partial charge in [-0.3, -0.25) is 9.59 Å². The number of nitroso groups, excluding NO2 is 1. The molecule has 4 aliphatic rings. The summed E-state index contributed by atoms with van der Waals surface area (Å²) in [5.74, 6) is 0.950. The highest BCUT2D eigenvalue weighted by Gasteiger charge is 2.65. The van der Waals surface area contributed by atoms with Crippen LogP contribution in [0.5, 0.6) is 0 Å². The van der Waals surface area contributed by atoms with Crippen molar-refractivity contribution in [2.45, 2.75) is 129 Å². The molecule has 0 spiro atoms. The number of hydrogen-bond acceptors (Lipinski definition) is 5. The van der Waals surface area contributed by atoms with Crippen molar-refractivity contribution in [2.24, 2.45) is 51.5 Å². The van der Waals surface area contributed by atoms with Crippen LogP contribution in [0, 0.1) is 51.2 Å². The molecule has 0 aliphatic heterocycles. The molecular formula is C30H46F3NO5. The predicted octanol–water partition coefficient (Wildman–Crippen LogP) is 7.36. The van der Waals surface area contributed by atoms with Gasteiger partial charge >= 0.3 is 12.1 Å². The summed E-state index contributed by atoms with van der Waals surface area (Å²) in [5.41, 5.74) is -2.58. The number of hydrogen-bond donors (Lipinski definition) is 1. The summed E-state index contributed by atoms with van der Waals surface area (Å²) >= 11 is 0. The van der Waals surface area contributed by atoms with Crippen LogP contribution in [0.1, 0.15) is 111 Å². The van der Waals surface area contributed by atoms with Crippen LogP contribution in [0.4, 0.5) is 13.2 Å². The number of esters is 1. The molecular weight excluding hydrogens is 511 g/mol. The minimum Gasteiger partial charge on any atom is -0.462 e. The van der Waals surface area contributed by atoms with Gasteiger partial charge in [0, 0.05) is 18.0 Å². The van der Waals surface area contributed by atoms with E-state index in [1.165, 1.54) is 0 Å². The fourth-order valence-electron chi connectivity index (χ4n) is 9.70. The molecule has 222 valence electrons. The molecule has 9 heteroatoms. The standard InChI is InChI=1S/C30H46F3NO5/c1-18(19(2)39-26(36)8-6-5-7-25(35)34-38)22-11-12-23-21-10-9-20-17-29(37,30(31,32)33)16-15-27(20,3)24(21)13-14-28(22,23)4/h18-24,37H,5-17H2,1-4H3/t18-,19-,20-,21+,22-,23+,24+,27+,28-,29-/m1/s1. The van der Waals surface area contributed by atoms with Gasteiger partial charge in [-0.15, -0.1) is 4.91 Å². The third kappa shape index (κ3) is 5.54. The van der Waals surface area contributed by atoms with Gasteiger partial charge in [-0.25, -0.2) is 0 Å². The highest BCUT2D eigenvalue weighted by Crippen LogP contribution is 2.69. The van der Waals surface area contributed by atoms with Crippen molar-refractivity contribution in [2.75, 3.05) is 0 Å². The maximum atomic E-state index is 13.6. The van der Waals surface area contributed by atoms with E-state index in [4.69, 9.17) is 4.74 Å². The first kappa shape index (κ1) is 30.4. The second-order valence-corrected chi connectivity index (χ2v) is 13.9. The Kier molecular flexibility index (Phi) is 8.63. The van der Waals surface area contributed by atoms with E-state index >= 15 is 0 Å². The van der Waals surface area contributed by atoms with E-state index in [0.29, 0.717) is 42.9 Å². The summed E-state index contributed by atoms with van der Waals surface area (Å²) in [6.07, 6.45) is 2.38. The Bertz CT molecular complexity index is 942. The summed E-state index contributed by atoms with van der Waals surface area (Å²) in [4.78, 5) is 33.6. The Morgan fingerprint density at radius 2 is 1.62 bits per heavy atom. The normalized spacial score (nSPS) is 41.5. The summed E-state index contributed by atoms with van der Waals surface area (Å²) in [5, 5.41) is 12.8. The fourth-order valence-corrected chi connectivity index (χ4v) is 9.70. The van der Waals surface area contributed by atoms with E-state index in [1.54, 1.807) is 0 Å². The SMILES string of the molecule is C[C@@H]([C@H]1CC[C@H]2[C@@H]3CC[C@@H]4C[C@@](O)(C(F)(F)F)CC[C@]4(C)[C@H]3CC[C@]12C)[C@@H](C)OC(=O)CCCCC(=O)N=O. The Morgan fingerprint density at radius 1 is 0.949 bits per heavy atom. The van der Waals surface area contributed by atoms with Crippen molar-refractivity contribution < 1.29 is 32.6 Å². The third-order valence-corrected chi connectivity index (χ3v) is 12.1. The number of aliphatic hydroxyl groups is 1. The molecule has 0 unspecified atom stereocenters. The molecule has 0 heterocycles. The van der Waals surface area contributed by atoms with Gasteiger partial charge in [-0.1, -0.05) is 20.8 Å². The number of ether oxygens (including phenoxy) is 1. The van der Waals surface area contributed by atoms with E-state index in [2.05, 4.69) is 25.9 Å². The molecule has 0 bridgehead atoms. The van der Waals surface area contributed by atoms with Crippen LogP contribution in [0.15, 0.2) is 5.18 Å². The maximum absolute atomic E-state index is 13.6. The summed E-state index contributed by atoms with van der Waals surface area (Å²) < 4.78 is 46.7. The Hall–Kier alpha value is -1.51. The van der Waals surface area contributed by atoms with Gasteiger partial charge in [0.1, 0.15) is 6.10 Å². The number of amides is 1. The molecule has 0 aromatic carbocycles. The average molecular weight is 558 g/mol. The Labute approximate surface area is 230 Å². The largest absolute Gasteiger partial charge is 0.462 e. The van der Waals surface area contributed by atoms with Gasteiger partial charge in [0.05, 0.1) is 0 Å². The smallest absolute Gasteiger partial charge is 0.417 e. The van der Waals surface area contributed by atoms with Crippen molar-refractivity contribution in [3.05, 3.63) is 4.91 Å². The summed E-state index contributed by atoms with van der Waals surface area (Å²) in [6.45, 7) is 8.73. The minimum absolute atomic E-state index is 0.0513. The number of alkyl halides is 3. The molecule has 1 N–H and O–H groups in total.